The minimum absolute atomic E-state index is 0.164. The highest BCUT2D eigenvalue weighted by atomic mass is 16.6. The van der Waals surface area contributed by atoms with E-state index in [9.17, 15) is 10.1 Å². The Morgan fingerprint density at radius 1 is 0.792 bits per heavy atom. The van der Waals surface area contributed by atoms with Gasteiger partial charge in [-0.1, -0.05) is 48.5 Å². The van der Waals surface area contributed by atoms with Crippen molar-refractivity contribution in [1.82, 2.24) is 0 Å². The van der Waals surface area contributed by atoms with Gasteiger partial charge in [0.1, 0.15) is 0 Å². The molecule has 0 amide bonds. The lowest BCUT2D eigenvalue weighted by atomic mass is 9.83. The summed E-state index contributed by atoms with van der Waals surface area (Å²) in [7, 11) is 0. The van der Waals surface area contributed by atoms with Gasteiger partial charge in [0.2, 0.25) is 0 Å². The molecule has 3 aromatic rings. The van der Waals surface area contributed by atoms with Gasteiger partial charge >= 0.3 is 0 Å². The standard InChI is InChI=1S/C21H17NO2/c1-14-10-17-11-15-6-2-3-7-16(15)12-18(17)13-20(14)19-8-4-5-9-21(19)22(23)24/h2-10,13H,11-12H2,1H3. The van der Waals surface area contributed by atoms with Gasteiger partial charge in [-0.05, 0) is 59.2 Å². The van der Waals surface area contributed by atoms with E-state index >= 15 is 0 Å². The van der Waals surface area contributed by atoms with Crippen LogP contribution < -0.4 is 0 Å². The largest absolute Gasteiger partial charge is 0.277 e. The Morgan fingerprint density at radius 3 is 2.04 bits per heavy atom. The first-order chi connectivity index (χ1) is 11.6. The van der Waals surface area contributed by atoms with Crippen LogP contribution in [0.1, 0.15) is 27.8 Å². The minimum Gasteiger partial charge on any atom is -0.258 e. The summed E-state index contributed by atoms with van der Waals surface area (Å²) in [5.74, 6) is 0. The fourth-order valence-corrected chi connectivity index (χ4v) is 3.61. The van der Waals surface area contributed by atoms with Crippen molar-refractivity contribution in [3.8, 4) is 11.1 Å². The molecular weight excluding hydrogens is 298 g/mol. The number of nitro groups is 1. The van der Waals surface area contributed by atoms with E-state index in [1.807, 2.05) is 19.1 Å². The van der Waals surface area contributed by atoms with Gasteiger partial charge in [-0.3, -0.25) is 10.1 Å². The summed E-state index contributed by atoms with van der Waals surface area (Å²) in [5.41, 5.74) is 8.23. The minimum atomic E-state index is -0.302. The SMILES string of the molecule is Cc1cc2c(cc1-c1ccccc1[N+](=O)[O-])Cc1ccccc1C2. The van der Waals surface area contributed by atoms with Crippen molar-refractivity contribution < 1.29 is 4.92 Å². The summed E-state index contributed by atoms with van der Waals surface area (Å²) >= 11 is 0. The van der Waals surface area contributed by atoms with Gasteiger partial charge in [0.15, 0.2) is 0 Å². The molecule has 3 aromatic carbocycles. The van der Waals surface area contributed by atoms with Crippen LogP contribution in [0.15, 0.2) is 60.7 Å². The van der Waals surface area contributed by atoms with Gasteiger partial charge in [0.05, 0.1) is 10.5 Å². The molecule has 1 aliphatic rings. The molecule has 3 nitrogen and oxygen atoms in total. The van der Waals surface area contributed by atoms with Crippen LogP contribution in [0.2, 0.25) is 0 Å². The molecule has 0 aromatic heterocycles. The maximum absolute atomic E-state index is 11.4. The molecule has 0 N–H and O–H groups in total. The molecule has 4 rings (SSSR count). The first-order valence-corrected chi connectivity index (χ1v) is 8.06. The third-order valence-corrected chi connectivity index (χ3v) is 4.82. The molecule has 0 saturated heterocycles. The zero-order valence-electron chi connectivity index (χ0n) is 13.5. The maximum Gasteiger partial charge on any atom is 0.277 e. The fraction of sp³-hybridized carbons (Fsp3) is 0.143. The Hall–Kier alpha value is -2.94. The highest BCUT2D eigenvalue weighted by Crippen LogP contribution is 2.36. The number of hydrogen-bond acceptors (Lipinski definition) is 2. The average Bonchev–Trinajstić information content (AvgIpc) is 2.59. The molecule has 0 bridgehead atoms. The van der Waals surface area contributed by atoms with Crippen molar-refractivity contribution in [2.24, 2.45) is 0 Å². The molecule has 0 heterocycles. The Balaban J connectivity index is 1.85. The second-order valence-corrected chi connectivity index (χ2v) is 6.33. The predicted octanol–water partition coefficient (Wildman–Crippen LogP) is 5.07. The monoisotopic (exact) mass is 315 g/mol. The number of fused-ring (bicyclic) bond motifs is 2. The van der Waals surface area contributed by atoms with Crippen LogP contribution in [0.3, 0.4) is 0 Å². The molecular formula is C21H17NO2. The van der Waals surface area contributed by atoms with E-state index in [4.69, 9.17) is 0 Å². The zero-order chi connectivity index (χ0) is 16.7. The maximum atomic E-state index is 11.4. The number of para-hydroxylation sites is 1. The number of nitrogens with zero attached hydrogens (tertiary/aromatic N) is 1. The van der Waals surface area contributed by atoms with E-state index in [0.29, 0.717) is 5.56 Å². The summed E-state index contributed by atoms with van der Waals surface area (Å²) in [4.78, 5) is 11.1. The normalized spacial score (nSPS) is 12.4. The second kappa shape index (κ2) is 5.60. The third-order valence-electron chi connectivity index (χ3n) is 4.82. The number of benzene rings is 3. The van der Waals surface area contributed by atoms with Crippen LogP contribution in [0.4, 0.5) is 5.69 Å². The van der Waals surface area contributed by atoms with Crippen molar-refractivity contribution in [1.29, 1.82) is 0 Å². The van der Waals surface area contributed by atoms with Gasteiger partial charge in [-0.15, -0.1) is 0 Å². The van der Waals surface area contributed by atoms with E-state index in [0.717, 1.165) is 24.0 Å². The molecule has 0 fully saturated rings. The lowest BCUT2D eigenvalue weighted by Gasteiger charge is -2.21. The summed E-state index contributed by atoms with van der Waals surface area (Å²) in [5, 5.41) is 11.4. The highest BCUT2D eigenvalue weighted by Gasteiger charge is 2.20. The summed E-state index contributed by atoms with van der Waals surface area (Å²) in [6.45, 7) is 2.03. The lowest BCUT2D eigenvalue weighted by molar-refractivity contribution is -0.384. The van der Waals surface area contributed by atoms with Crippen molar-refractivity contribution in [2.45, 2.75) is 19.8 Å². The molecule has 0 spiro atoms. The van der Waals surface area contributed by atoms with Crippen molar-refractivity contribution in [2.75, 3.05) is 0 Å². The topological polar surface area (TPSA) is 43.1 Å². The van der Waals surface area contributed by atoms with Gasteiger partial charge < -0.3 is 0 Å². The van der Waals surface area contributed by atoms with Crippen LogP contribution >= 0.6 is 0 Å². The molecule has 0 radical (unpaired) electrons. The van der Waals surface area contributed by atoms with Gasteiger partial charge in [0, 0.05) is 6.07 Å². The molecule has 118 valence electrons. The first kappa shape index (κ1) is 14.6. The van der Waals surface area contributed by atoms with E-state index in [-0.39, 0.29) is 10.6 Å². The Bertz CT molecular complexity index is 960. The van der Waals surface area contributed by atoms with E-state index in [2.05, 4.69) is 36.4 Å². The summed E-state index contributed by atoms with van der Waals surface area (Å²) < 4.78 is 0. The predicted molar refractivity (Wildman–Crippen MR) is 95.3 cm³/mol. The number of aryl methyl sites for hydroxylation is 1. The van der Waals surface area contributed by atoms with Crippen molar-refractivity contribution in [3.63, 3.8) is 0 Å². The Morgan fingerprint density at radius 2 is 1.38 bits per heavy atom. The van der Waals surface area contributed by atoms with Gasteiger partial charge in [-0.2, -0.15) is 0 Å². The third kappa shape index (κ3) is 2.38. The number of nitro benzene ring substituents is 1. The van der Waals surface area contributed by atoms with E-state index in [1.165, 1.54) is 22.3 Å². The first-order valence-electron chi connectivity index (χ1n) is 8.06. The van der Waals surface area contributed by atoms with Crippen LogP contribution in [0.25, 0.3) is 11.1 Å². The highest BCUT2D eigenvalue weighted by molar-refractivity contribution is 5.77. The van der Waals surface area contributed by atoms with Crippen LogP contribution in [0, 0.1) is 17.0 Å². The molecule has 1 aliphatic carbocycles. The Kier molecular flexibility index (Phi) is 3.42. The van der Waals surface area contributed by atoms with Crippen molar-refractivity contribution >= 4 is 5.69 Å². The zero-order valence-corrected chi connectivity index (χ0v) is 13.5. The van der Waals surface area contributed by atoms with Crippen LogP contribution in [-0.2, 0) is 12.8 Å². The number of hydrogen-bond donors (Lipinski definition) is 0. The Labute approximate surface area is 140 Å². The quantitative estimate of drug-likeness (QED) is 0.383. The lowest BCUT2D eigenvalue weighted by Crippen LogP contribution is -2.08. The smallest absolute Gasteiger partial charge is 0.258 e. The van der Waals surface area contributed by atoms with Crippen LogP contribution in [0.5, 0.6) is 0 Å². The fourth-order valence-electron chi connectivity index (χ4n) is 3.61. The number of rotatable bonds is 2. The van der Waals surface area contributed by atoms with Crippen LogP contribution in [-0.4, -0.2) is 4.92 Å². The van der Waals surface area contributed by atoms with Gasteiger partial charge in [-0.25, -0.2) is 0 Å². The van der Waals surface area contributed by atoms with Crippen molar-refractivity contribution in [3.05, 3.63) is 98.6 Å². The second-order valence-electron chi connectivity index (χ2n) is 6.33. The molecule has 0 atom stereocenters. The molecule has 24 heavy (non-hydrogen) atoms. The van der Waals surface area contributed by atoms with E-state index in [1.54, 1.807) is 12.1 Å². The van der Waals surface area contributed by atoms with E-state index < -0.39 is 0 Å². The molecule has 0 unspecified atom stereocenters. The molecule has 0 aliphatic heterocycles. The molecule has 0 saturated carbocycles. The van der Waals surface area contributed by atoms with Gasteiger partial charge in [0.25, 0.3) is 5.69 Å². The molecule has 3 heteroatoms. The average molecular weight is 315 g/mol. The summed E-state index contributed by atoms with van der Waals surface area (Å²) in [6.07, 6.45) is 1.82. The summed E-state index contributed by atoms with van der Waals surface area (Å²) in [6, 6.07) is 19.8.